The molecule has 128 valence electrons. The van der Waals surface area contributed by atoms with Crippen LogP contribution in [0, 0.1) is 0 Å². The van der Waals surface area contributed by atoms with Crippen molar-refractivity contribution < 1.29 is 9.53 Å². The zero-order valence-corrected chi connectivity index (χ0v) is 14.8. The van der Waals surface area contributed by atoms with Gasteiger partial charge in [0.25, 0.3) is 0 Å². The summed E-state index contributed by atoms with van der Waals surface area (Å²) in [6, 6.07) is 1.65. The summed E-state index contributed by atoms with van der Waals surface area (Å²) in [6.07, 6.45) is 6.05. The minimum absolute atomic E-state index is 0.0812. The van der Waals surface area contributed by atoms with Gasteiger partial charge >= 0.3 is 6.03 Å². The monoisotopic (exact) mass is 357 g/mol. The number of nitrogens with zero attached hydrogens (tertiary/aromatic N) is 1. The van der Waals surface area contributed by atoms with Crippen LogP contribution in [-0.4, -0.2) is 49.3 Å². The Bertz CT molecular complexity index is 525. The summed E-state index contributed by atoms with van der Waals surface area (Å²) in [4.78, 5) is 14.7. The molecule has 2 fully saturated rings. The predicted molar refractivity (Wildman–Crippen MR) is 94.6 cm³/mol. The van der Waals surface area contributed by atoms with Crippen LogP contribution >= 0.6 is 22.9 Å². The van der Waals surface area contributed by atoms with Crippen molar-refractivity contribution in [1.29, 1.82) is 0 Å². The van der Waals surface area contributed by atoms with E-state index in [1.165, 1.54) is 30.6 Å². The lowest BCUT2D eigenvalue weighted by molar-refractivity contribution is -0.0356. The van der Waals surface area contributed by atoms with Gasteiger partial charge in [-0.2, -0.15) is 0 Å². The largest absolute Gasteiger partial charge is 0.379 e. The first-order chi connectivity index (χ1) is 11.2. The summed E-state index contributed by atoms with van der Waals surface area (Å²) in [5.74, 6) is 0. The molecule has 7 heteroatoms. The van der Waals surface area contributed by atoms with Gasteiger partial charge in [0.05, 0.1) is 18.9 Å². The lowest BCUT2D eigenvalue weighted by Gasteiger charge is -2.48. The van der Waals surface area contributed by atoms with Crippen molar-refractivity contribution in [2.75, 3.05) is 38.2 Å². The number of carbonyl (C=O) groups is 1. The number of ether oxygens (including phenoxy) is 1. The minimum Gasteiger partial charge on any atom is -0.379 e. The highest BCUT2D eigenvalue weighted by Crippen LogP contribution is 2.34. The third-order valence-corrected chi connectivity index (χ3v) is 6.08. The van der Waals surface area contributed by atoms with Crippen molar-refractivity contribution in [2.45, 2.75) is 37.6 Å². The summed E-state index contributed by atoms with van der Waals surface area (Å²) in [5, 5.41) is 7.77. The zero-order valence-electron chi connectivity index (χ0n) is 13.3. The summed E-state index contributed by atoms with van der Waals surface area (Å²) in [6.45, 7) is 4.18. The van der Waals surface area contributed by atoms with Gasteiger partial charge in [-0.15, -0.1) is 11.3 Å². The molecule has 2 N–H and O–H groups in total. The number of nitrogens with one attached hydrogen (secondary N) is 2. The molecule has 1 aromatic heterocycles. The molecule has 23 heavy (non-hydrogen) atoms. The van der Waals surface area contributed by atoms with Crippen LogP contribution in [0.3, 0.4) is 0 Å². The van der Waals surface area contributed by atoms with E-state index >= 15 is 0 Å². The number of hydrogen-bond acceptors (Lipinski definition) is 4. The molecule has 1 aromatic rings. The van der Waals surface area contributed by atoms with Crippen LogP contribution in [0.4, 0.5) is 10.5 Å². The minimum atomic E-state index is -0.177. The lowest BCUT2D eigenvalue weighted by atomic mass is 9.80. The van der Waals surface area contributed by atoms with Gasteiger partial charge in [0, 0.05) is 25.2 Å². The van der Waals surface area contributed by atoms with E-state index in [0.717, 1.165) is 39.1 Å². The Balaban J connectivity index is 1.59. The molecular weight excluding hydrogens is 334 g/mol. The second-order valence-corrected chi connectivity index (χ2v) is 7.82. The number of carbonyl (C=O) groups excluding carboxylic acids is 1. The highest BCUT2D eigenvalue weighted by molar-refractivity contribution is 7.15. The third kappa shape index (κ3) is 4.18. The molecular formula is C16H24ClN3O2S. The smallest absolute Gasteiger partial charge is 0.319 e. The fourth-order valence-electron chi connectivity index (χ4n) is 3.65. The molecule has 2 heterocycles. The van der Waals surface area contributed by atoms with Gasteiger partial charge in [0.15, 0.2) is 0 Å². The zero-order chi connectivity index (χ0) is 16.1. The van der Waals surface area contributed by atoms with Crippen LogP contribution in [0.1, 0.15) is 32.1 Å². The standard InChI is InChI=1S/C16H24ClN3O2S/c17-14-13(4-11-23-14)19-15(21)18-12-16(5-2-1-3-6-16)20-7-9-22-10-8-20/h4,11H,1-3,5-10,12H2,(H2,18,19,21). The average molecular weight is 358 g/mol. The van der Waals surface area contributed by atoms with Crippen LogP contribution in [0.5, 0.6) is 0 Å². The lowest BCUT2D eigenvalue weighted by Crippen LogP contribution is -2.60. The molecule has 1 aliphatic heterocycles. The number of morpholine rings is 1. The molecule has 2 amide bonds. The molecule has 0 radical (unpaired) electrons. The van der Waals surface area contributed by atoms with E-state index < -0.39 is 0 Å². The first-order valence-corrected chi connectivity index (χ1v) is 9.56. The van der Waals surface area contributed by atoms with Gasteiger partial charge in [0.2, 0.25) is 0 Å². The van der Waals surface area contributed by atoms with Crippen molar-refractivity contribution in [2.24, 2.45) is 0 Å². The normalized spacial score (nSPS) is 21.8. The number of anilines is 1. The van der Waals surface area contributed by atoms with Crippen molar-refractivity contribution in [3.8, 4) is 0 Å². The Morgan fingerprint density at radius 1 is 1.30 bits per heavy atom. The first-order valence-electron chi connectivity index (χ1n) is 8.30. The molecule has 1 saturated heterocycles. The maximum absolute atomic E-state index is 12.2. The van der Waals surface area contributed by atoms with E-state index in [1.807, 2.05) is 11.4 Å². The molecule has 3 rings (SSSR count). The molecule has 0 unspecified atom stereocenters. The molecule has 0 bridgehead atoms. The Kier molecular flexibility index (Phi) is 5.80. The summed E-state index contributed by atoms with van der Waals surface area (Å²) >= 11 is 7.45. The molecule has 0 spiro atoms. The van der Waals surface area contributed by atoms with Crippen molar-refractivity contribution in [3.63, 3.8) is 0 Å². The van der Waals surface area contributed by atoms with E-state index in [2.05, 4.69) is 15.5 Å². The van der Waals surface area contributed by atoms with Crippen LogP contribution in [0.15, 0.2) is 11.4 Å². The van der Waals surface area contributed by atoms with Crippen LogP contribution < -0.4 is 10.6 Å². The van der Waals surface area contributed by atoms with Gasteiger partial charge < -0.3 is 15.4 Å². The van der Waals surface area contributed by atoms with Crippen LogP contribution in [0.2, 0.25) is 4.34 Å². The van der Waals surface area contributed by atoms with Gasteiger partial charge in [-0.05, 0) is 24.3 Å². The van der Waals surface area contributed by atoms with E-state index in [1.54, 1.807) is 0 Å². The maximum Gasteiger partial charge on any atom is 0.319 e. The fraction of sp³-hybridized carbons (Fsp3) is 0.688. The molecule has 5 nitrogen and oxygen atoms in total. The SMILES string of the molecule is O=C(NCC1(N2CCOCC2)CCCCC1)Nc1ccsc1Cl. The topological polar surface area (TPSA) is 53.6 Å². The van der Waals surface area contributed by atoms with Crippen LogP contribution in [0.25, 0.3) is 0 Å². The number of hydrogen-bond donors (Lipinski definition) is 2. The van der Waals surface area contributed by atoms with E-state index in [0.29, 0.717) is 16.6 Å². The number of amides is 2. The van der Waals surface area contributed by atoms with Crippen LogP contribution in [-0.2, 0) is 4.74 Å². The highest BCUT2D eigenvalue weighted by atomic mass is 35.5. The third-order valence-electron chi connectivity index (χ3n) is 4.91. The number of halogens is 1. The van der Waals surface area contributed by atoms with Crippen molar-refractivity contribution >= 4 is 34.7 Å². The second kappa shape index (κ2) is 7.83. The average Bonchev–Trinajstić information content (AvgIpc) is 2.99. The van der Waals surface area contributed by atoms with Gasteiger partial charge in [-0.3, -0.25) is 4.90 Å². The number of thiophene rings is 1. The highest BCUT2D eigenvalue weighted by Gasteiger charge is 2.38. The van der Waals surface area contributed by atoms with Crippen molar-refractivity contribution in [1.82, 2.24) is 10.2 Å². The number of rotatable bonds is 4. The Labute approximate surface area is 146 Å². The van der Waals surface area contributed by atoms with Gasteiger partial charge in [-0.25, -0.2) is 4.79 Å². The van der Waals surface area contributed by atoms with Gasteiger partial charge in [-0.1, -0.05) is 30.9 Å². The summed E-state index contributed by atoms with van der Waals surface area (Å²) in [7, 11) is 0. The molecule has 1 saturated carbocycles. The Hall–Kier alpha value is -0.820. The molecule has 0 aromatic carbocycles. The number of urea groups is 1. The van der Waals surface area contributed by atoms with E-state index in [9.17, 15) is 4.79 Å². The summed E-state index contributed by atoms with van der Waals surface area (Å²) < 4.78 is 6.10. The first kappa shape index (κ1) is 17.0. The second-order valence-electron chi connectivity index (χ2n) is 6.30. The Morgan fingerprint density at radius 3 is 2.70 bits per heavy atom. The van der Waals surface area contributed by atoms with E-state index in [4.69, 9.17) is 16.3 Å². The fourth-order valence-corrected chi connectivity index (χ4v) is 4.48. The maximum atomic E-state index is 12.2. The van der Waals surface area contributed by atoms with Gasteiger partial charge in [0.1, 0.15) is 4.34 Å². The summed E-state index contributed by atoms with van der Waals surface area (Å²) in [5.41, 5.74) is 0.760. The van der Waals surface area contributed by atoms with E-state index in [-0.39, 0.29) is 11.6 Å². The quantitative estimate of drug-likeness (QED) is 0.866. The van der Waals surface area contributed by atoms with Crippen molar-refractivity contribution in [3.05, 3.63) is 15.8 Å². The molecule has 0 atom stereocenters. The Morgan fingerprint density at radius 2 is 2.04 bits per heavy atom. The predicted octanol–water partition coefficient (Wildman–Crippen LogP) is 3.56. The molecule has 2 aliphatic rings. The molecule has 1 aliphatic carbocycles.